The Hall–Kier alpha value is -1.68. The molecule has 1 aliphatic heterocycles. The summed E-state index contributed by atoms with van der Waals surface area (Å²) in [5.74, 6) is -2.52. The maximum atomic E-state index is 11.4. The van der Waals surface area contributed by atoms with Crippen LogP contribution in [0.3, 0.4) is 0 Å². The predicted octanol–water partition coefficient (Wildman–Crippen LogP) is 0.464. The van der Waals surface area contributed by atoms with Gasteiger partial charge in [0.15, 0.2) is 23.3 Å². The van der Waals surface area contributed by atoms with E-state index in [9.17, 15) is 19.2 Å². The second-order valence-corrected chi connectivity index (χ2v) is 5.95. The molecule has 1 fully saturated rings. The summed E-state index contributed by atoms with van der Waals surface area (Å²) < 4.78 is 25.9. The number of alkyl halides is 1. The number of ether oxygens (including phenoxy) is 5. The SMILES string of the molecule is CC(=O)OCC1OC(Br)C(OC(C)=O)[C@@H](OC(C)=O)C1OC(C)=O. The van der Waals surface area contributed by atoms with Gasteiger partial charge in [0.05, 0.1) is 0 Å². The first-order valence-electron chi connectivity index (χ1n) is 7.06. The lowest BCUT2D eigenvalue weighted by Gasteiger charge is -2.42. The van der Waals surface area contributed by atoms with Crippen LogP contribution in [0, 0.1) is 0 Å². The molecular weight excluding hydrogens is 392 g/mol. The Morgan fingerprint density at radius 3 is 1.71 bits per heavy atom. The predicted molar refractivity (Wildman–Crippen MR) is 80.9 cm³/mol. The third-order valence-electron chi connectivity index (χ3n) is 2.93. The van der Waals surface area contributed by atoms with Gasteiger partial charge in [0.1, 0.15) is 12.7 Å². The van der Waals surface area contributed by atoms with E-state index in [-0.39, 0.29) is 6.61 Å². The number of esters is 4. The third kappa shape index (κ3) is 6.08. The number of rotatable bonds is 5. The zero-order chi connectivity index (χ0) is 18.4. The van der Waals surface area contributed by atoms with Crippen LogP contribution in [-0.2, 0) is 42.9 Å². The molecule has 0 aliphatic carbocycles. The van der Waals surface area contributed by atoms with E-state index in [1.54, 1.807) is 0 Å². The molecule has 1 saturated heterocycles. The highest BCUT2D eigenvalue weighted by Crippen LogP contribution is 2.31. The zero-order valence-electron chi connectivity index (χ0n) is 13.6. The second-order valence-electron chi connectivity index (χ2n) is 5.05. The van der Waals surface area contributed by atoms with E-state index in [0.717, 1.165) is 13.8 Å². The van der Waals surface area contributed by atoms with Crippen molar-refractivity contribution in [3.63, 3.8) is 0 Å². The molecule has 136 valence electrons. The topological polar surface area (TPSA) is 114 Å². The third-order valence-corrected chi connectivity index (χ3v) is 3.67. The first kappa shape index (κ1) is 20.4. The summed E-state index contributed by atoms with van der Waals surface area (Å²) in [5, 5.41) is -0.863. The summed E-state index contributed by atoms with van der Waals surface area (Å²) in [6.07, 6.45) is -4.22. The Morgan fingerprint density at radius 2 is 1.25 bits per heavy atom. The van der Waals surface area contributed by atoms with E-state index in [1.807, 2.05) is 0 Å². The summed E-state index contributed by atoms with van der Waals surface area (Å²) in [6, 6.07) is 0. The fraction of sp³-hybridized carbons (Fsp3) is 0.714. The van der Waals surface area contributed by atoms with Crippen LogP contribution < -0.4 is 0 Å². The summed E-state index contributed by atoms with van der Waals surface area (Å²) in [5.41, 5.74) is 0. The van der Waals surface area contributed by atoms with Crippen molar-refractivity contribution in [1.29, 1.82) is 0 Å². The van der Waals surface area contributed by atoms with Crippen LogP contribution in [0.1, 0.15) is 27.7 Å². The average molecular weight is 411 g/mol. The van der Waals surface area contributed by atoms with Gasteiger partial charge in [0.25, 0.3) is 0 Å². The van der Waals surface area contributed by atoms with Gasteiger partial charge in [0, 0.05) is 27.7 Å². The number of carbonyl (C=O) groups is 4. The minimum Gasteiger partial charge on any atom is -0.463 e. The van der Waals surface area contributed by atoms with Crippen molar-refractivity contribution in [1.82, 2.24) is 0 Å². The van der Waals surface area contributed by atoms with Crippen LogP contribution in [0.2, 0.25) is 0 Å². The van der Waals surface area contributed by atoms with Crippen LogP contribution >= 0.6 is 15.9 Å². The van der Waals surface area contributed by atoms with Crippen LogP contribution in [0.25, 0.3) is 0 Å². The molecule has 1 heterocycles. The maximum absolute atomic E-state index is 11.4. The van der Waals surface area contributed by atoms with Gasteiger partial charge in [0.2, 0.25) is 0 Å². The minimum atomic E-state index is -1.13. The standard InChI is InChI=1S/C14H19BrO9/c1-6(16)20-5-10-11(21-7(2)17)12(22-8(3)18)13(14(15)24-10)23-9(4)19/h10-14H,5H2,1-4H3/t10?,11?,12-,13?,14?/m0/s1. The number of halogens is 1. The lowest BCUT2D eigenvalue weighted by molar-refractivity contribution is -0.236. The van der Waals surface area contributed by atoms with Crippen molar-refractivity contribution in [2.75, 3.05) is 6.61 Å². The highest BCUT2D eigenvalue weighted by molar-refractivity contribution is 9.09. The van der Waals surface area contributed by atoms with Crippen molar-refractivity contribution < 1.29 is 42.9 Å². The number of hydrogen-bond acceptors (Lipinski definition) is 9. The van der Waals surface area contributed by atoms with E-state index in [2.05, 4.69) is 15.9 Å². The Morgan fingerprint density at radius 1 is 0.792 bits per heavy atom. The monoisotopic (exact) mass is 410 g/mol. The fourth-order valence-corrected chi connectivity index (χ4v) is 2.86. The van der Waals surface area contributed by atoms with Crippen molar-refractivity contribution >= 4 is 39.8 Å². The number of carbonyl (C=O) groups excluding carboxylic acids is 4. The van der Waals surface area contributed by atoms with Gasteiger partial charge in [-0.3, -0.25) is 19.2 Å². The van der Waals surface area contributed by atoms with E-state index in [4.69, 9.17) is 23.7 Å². The molecule has 9 nitrogen and oxygen atoms in total. The highest BCUT2D eigenvalue weighted by atomic mass is 79.9. The molecule has 0 aromatic rings. The first-order chi connectivity index (χ1) is 11.1. The molecule has 0 aromatic heterocycles. The van der Waals surface area contributed by atoms with E-state index < -0.39 is 53.3 Å². The Balaban J connectivity index is 3.11. The lowest BCUT2D eigenvalue weighted by atomic mass is 9.99. The molecule has 0 N–H and O–H groups in total. The van der Waals surface area contributed by atoms with Crippen LogP contribution in [0.4, 0.5) is 0 Å². The van der Waals surface area contributed by atoms with Gasteiger partial charge in [-0.2, -0.15) is 0 Å². The van der Waals surface area contributed by atoms with E-state index in [1.165, 1.54) is 13.8 Å². The second kappa shape index (κ2) is 8.97. The molecule has 1 aliphatic rings. The van der Waals surface area contributed by atoms with Gasteiger partial charge in [-0.15, -0.1) is 0 Å². The van der Waals surface area contributed by atoms with Crippen molar-refractivity contribution in [2.24, 2.45) is 0 Å². The molecule has 1 rings (SSSR count). The number of hydrogen-bond donors (Lipinski definition) is 0. The van der Waals surface area contributed by atoms with Gasteiger partial charge in [-0.25, -0.2) is 0 Å². The van der Waals surface area contributed by atoms with Gasteiger partial charge < -0.3 is 23.7 Å². The first-order valence-corrected chi connectivity index (χ1v) is 7.98. The fourth-order valence-electron chi connectivity index (χ4n) is 2.18. The summed E-state index contributed by atoms with van der Waals surface area (Å²) >= 11 is 3.18. The summed E-state index contributed by atoms with van der Waals surface area (Å²) in [6.45, 7) is 4.47. The molecular formula is C14H19BrO9. The molecule has 0 radical (unpaired) electrons. The molecule has 5 atom stereocenters. The summed E-state index contributed by atoms with van der Waals surface area (Å²) in [4.78, 5) is 45.1. The molecule has 0 bridgehead atoms. The Bertz CT molecular complexity index is 506. The van der Waals surface area contributed by atoms with Crippen LogP contribution in [0.15, 0.2) is 0 Å². The Kier molecular flexibility index (Phi) is 7.61. The normalized spacial score (nSPS) is 29.3. The van der Waals surface area contributed by atoms with Crippen molar-refractivity contribution in [2.45, 2.75) is 57.1 Å². The summed E-state index contributed by atoms with van der Waals surface area (Å²) in [7, 11) is 0. The van der Waals surface area contributed by atoms with Gasteiger partial charge >= 0.3 is 23.9 Å². The molecule has 0 spiro atoms. The molecule has 0 aromatic carbocycles. The smallest absolute Gasteiger partial charge is 0.303 e. The quantitative estimate of drug-likeness (QED) is 0.362. The van der Waals surface area contributed by atoms with E-state index in [0.29, 0.717) is 0 Å². The molecule has 0 amide bonds. The molecule has 4 unspecified atom stereocenters. The minimum absolute atomic E-state index is 0.236. The largest absolute Gasteiger partial charge is 0.463 e. The maximum Gasteiger partial charge on any atom is 0.303 e. The van der Waals surface area contributed by atoms with Gasteiger partial charge in [-0.05, 0) is 0 Å². The van der Waals surface area contributed by atoms with Crippen molar-refractivity contribution in [3.8, 4) is 0 Å². The van der Waals surface area contributed by atoms with Crippen molar-refractivity contribution in [3.05, 3.63) is 0 Å². The van der Waals surface area contributed by atoms with Crippen LogP contribution in [0.5, 0.6) is 0 Å². The van der Waals surface area contributed by atoms with Gasteiger partial charge in [-0.1, -0.05) is 15.9 Å². The lowest BCUT2D eigenvalue weighted by Crippen LogP contribution is -2.60. The Labute approximate surface area is 147 Å². The molecule has 0 saturated carbocycles. The zero-order valence-corrected chi connectivity index (χ0v) is 15.2. The van der Waals surface area contributed by atoms with E-state index >= 15 is 0 Å². The molecule has 10 heteroatoms. The molecule has 24 heavy (non-hydrogen) atoms. The average Bonchev–Trinajstić information content (AvgIpc) is 2.42. The highest BCUT2D eigenvalue weighted by Gasteiger charge is 2.51. The van der Waals surface area contributed by atoms with Crippen LogP contribution in [-0.4, -0.2) is 59.9 Å².